The number of phenolic OH excluding ortho intramolecular Hbond substituents is 1. The lowest BCUT2D eigenvalue weighted by Gasteiger charge is -2.08. The molecule has 0 unspecified atom stereocenters. The quantitative estimate of drug-likeness (QED) is 0.851. The van der Waals surface area contributed by atoms with Gasteiger partial charge in [0.25, 0.3) is 0 Å². The van der Waals surface area contributed by atoms with Gasteiger partial charge in [-0.3, -0.25) is 0 Å². The molecular formula is C10H7BrCl2N2OS. The number of benzene rings is 1. The molecule has 0 atom stereocenters. The number of aromatic nitrogens is 1. The highest BCUT2D eigenvalue weighted by atomic mass is 79.9. The van der Waals surface area contributed by atoms with Crippen molar-refractivity contribution in [1.82, 2.24) is 4.98 Å². The monoisotopic (exact) mass is 352 g/mol. The second-order valence-electron chi connectivity index (χ2n) is 3.22. The van der Waals surface area contributed by atoms with Crippen LogP contribution in [0.4, 0.5) is 5.69 Å². The molecular weight excluding hydrogens is 347 g/mol. The Morgan fingerprint density at radius 3 is 2.82 bits per heavy atom. The maximum absolute atomic E-state index is 9.50. The second kappa shape index (κ2) is 5.44. The minimum atomic E-state index is 0.0414. The fourth-order valence-corrected chi connectivity index (χ4v) is 2.92. The summed E-state index contributed by atoms with van der Waals surface area (Å²) in [5.41, 5.74) is 0.761. The van der Waals surface area contributed by atoms with Crippen LogP contribution in [0, 0.1) is 0 Å². The number of aromatic hydroxyl groups is 1. The van der Waals surface area contributed by atoms with Gasteiger partial charge < -0.3 is 10.4 Å². The molecule has 0 radical (unpaired) electrons. The van der Waals surface area contributed by atoms with Crippen LogP contribution in [0.3, 0.4) is 0 Å². The summed E-state index contributed by atoms with van der Waals surface area (Å²) < 4.78 is 1.30. The molecule has 0 saturated carbocycles. The van der Waals surface area contributed by atoms with Crippen molar-refractivity contribution in [2.75, 3.05) is 5.32 Å². The van der Waals surface area contributed by atoms with Crippen LogP contribution in [0.25, 0.3) is 0 Å². The van der Waals surface area contributed by atoms with E-state index >= 15 is 0 Å². The number of anilines is 1. The first kappa shape index (κ1) is 13.0. The molecule has 7 heteroatoms. The topological polar surface area (TPSA) is 45.1 Å². The lowest BCUT2D eigenvalue weighted by molar-refractivity contribution is 0.475. The fourth-order valence-electron chi connectivity index (χ4n) is 1.22. The minimum absolute atomic E-state index is 0.0414. The lowest BCUT2D eigenvalue weighted by Crippen LogP contribution is -1.98. The third kappa shape index (κ3) is 3.25. The van der Waals surface area contributed by atoms with Gasteiger partial charge in [0.1, 0.15) is 5.75 Å². The zero-order valence-electron chi connectivity index (χ0n) is 8.38. The van der Waals surface area contributed by atoms with Gasteiger partial charge in [0, 0.05) is 21.6 Å². The SMILES string of the molecule is Oc1cc(NCc2cnc(Cl)s2)c(Br)cc1Cl. The number of rotatable bonds is 3. The number of nitrogens with zero attached hydrogens (tertiary/aromatic N) is 1. The van der Waals surface area contributed by atoms with Crippen molar-refractivity contribution in [3.8, 4) is 5.75 Å². The average molecular weight is 354 g/mol. The number of halogens is 3. The third-order valence-electron chi connectivity index (χ3n) is 2.01. The van der Waals surface area contributed by atoms with Crippen molar-refractivity contribution in [3.63, 3.8) is 0 Å². The van der Waals surface area contributed by atoms with Gasteiger partial charge in [0.2, 0.25) is 0 Å². The molecule has 1 heterocycles. The van der Waals surface area contributed by atoms with Gasteiger partial charge in [-0.15, -0.1) is 11.3 Å². The van der Waals surface area contributed by atoms with Crippen molar-refractivity contribution in [3.05, 3.63) is 37.2 Å². The van der Waals surface area contributed by atoms with E-state index in [2.05, 4.69) is 26.2 Å². The zero-order chi connectivity index (χ0) is 12.4. The second-order valence-corrected chi connectivity index (χ2v) is 6.18. The molecule has 0 amide bonds. The summed E-state index contributed by atoms with van der Waals surface area (Å²) in [6.45, 7) is 0.587. The van der Waals surface area contributed by atoms with E-state index in [4.69, 9.17) is 23.2 Å². The van der Waals surface area contributed by atoms with Gasteiger partial charge in [0.05, 0.1) is 17.3 Å². The molecule has 0 aliphatic carbocycles. The van der Waals surface area contributed by atoms with Gasteiger partial charge >= 0.3 is 0 Å². The van der Waals surface area contributed by atoms with Crippen molar-refractivity contribution in [2.24, 2.45) is 0 Å². The Labute approximate surface area is 121 Å². The van der Waals surface area contributed by atoms with E-state index in [1.807, 2.05) is 0 Å². The summed E-state index contributed by atoms with van der Waals surface area (Å²) in [7, 11) is 0. The largest absolute Gasteiger partial charge is 0.506 e. The Kier molecular flexibility index (Phi) is 4.14. The highest BCUT2D eigenvalue weighted by Crippen LogP contribution is 2.34. The van der Waals surface area contributed by atoms with E-state index in [1.165, 1.54) is 11.3 Å². The number of nitrogens with one attached hydrogen (secondary N) is 1. The fraction of sp³-hybridized carbons (Fsp3) is 0.100. The first-order valence-electron chi connectivity index (χ1n) is 4.58. The van der Waals surface area contributed by atoms with E-state index in [9.17, 15) is 5.11 Å². The van der Waals surface area contributed by atoms with Crippen LogP contribution in [0.2, 0.25) is 9.49 Å². The van der Waals surface area contributed by atoms with Gasteiger partial charge in [-0.2, -0.15) is 0 Å². The van der Waals surface area contributed by atoms with Gasteiger partial charge in [-0.1, -0.05) is 23.2 Å². The molecule has 0 bridgehead atoms. The molecule has 1 aromatic heterocycles. The first-order chi connectivity index (χ1) is 8.06. The van der Waals surface area contributed by atoms with Gasteiger partial charge in [0.15, 0.2) is 4.47 Å². The number of thiazole rings is 1. The predicted octanol–water partition coefficient (Wildman–Crippen LogP) is 4.53. The Morgan fingerprint density at radius 2 is 2.18 bits per heavy atom. The van der Waals surface area contributed by atoms with E-state index in [0.717, 1.165) is 15.0 Å². The molecule has 0 fully saturated rings. The minimum Gasteiger partial charge on any atom is -0.506 e. The van der Waals surface area contributed by atoms with Crippen molar-refractivity contribution < 1.29 is 5.11 Å². The molecule has 1 aromatic carbocycles. The van der Waals surface area contributed by atoms with Crippen LogP contribution in [0.1, 0.15) is 4.88 Å². The maximum atomic E-state index is 9.50. The molecule has 2 N–H and O–H groups in total. The Balaban J connectivity index is 2.11. The molecule has 3 nitrogen and oxygen atoms in total. The summed E-state index contributed by atoms with van der Waals surface area (Å²) in [4.78, 5) is 4.96. The van der Waals surface area contributed by atoms with Crippen LogP contribution in [-0.4, -0.2) is 10.1 Å². The number of phenols is 1. The number of hydrogen-bond acceptors (Lipinski definition) is 4. The highest BCUT2D eigenvalue weighted by Gasteiger charge is 2.06. The average Bonchev–Trinajstić information content (AvgIpc) is 2.68. The molecule has 2 aromatic rings. The standard InChI is InChI=1S/C10H7BrCl2N2OS/c11-6-1-7(12)9(16)2-8(6)14-3-5-4-15-10(13)17-5/h1-2,4,14,16H,3H2. The Bertz CT molecular complexity index is 547. The molecule has 0 aliphatic heterocycles. The van der Waals surface area contributed by atoms with E-state index in [1.54, 1.807) is 18.3 Å². The lowest BCUT2D eigenvalue weighted by atomic mass is 10.3. The first-order valence-corrected chi connectivity index (χ1v) is 6.95. The van der Waals surface area contributed by atoms with Gasteiger partial charge in [-0.25, -0.2) is 4.98 Å². The summed E-state index contributed by atoms with van der Waals surface area (Å²) in [6, 6.07) is 3.20. The summed E-state index contributed by atoms with van der Waals surface area (Å²) in [5.74, 6) is 0.0414. The van der Waals surface area contributed by atoms with Crippen molar-refractivity contribution >= 4 is 56.2 Å². The Morgan fingerprint density at radius 1 is 1.41 bits per heavy atom. The van der Waals surface area contributed by atoms with Crippen molar-refractivity contribution in [1.29, 1.82) is 0 Å². The maximum Gasteiger partial charge on any atom is 0.183 e. The molecule has 0 saturated heterocycles. The van der Waals surface area contributed by atoms with Crippen molar-refractivity contribution in [2.45, 2.75) is 6.54 Å². The van der Waals surface area contributed by atoms with Crippen LogP contribution < -0.4 is 5.32 Å². The molecule has 0 spiro atoms. The molecule has 90 valence electrons. The highest BCUT2D eigenvalue weighted by molar-refractivity contribution is 9.10. The van der Waals surface area contributed by atoms with Crippen LogP contribution in [-0.2, 0) is 6.54 Å². The summed E-state index contributed by atoms with van der Waals surface area (Å²) in [5, 5.41) is 13.0. The van der Waals surface area contributed by atoms with Crippen LogP contribution in [0.5, 0.6) is 5.75 Å². The predicted molar refractivity (Wildman–Crippen MR) is 75.3 cm³/mol. The molecule has 17 heavy (non-hydrogen) atoms. The van der Waals surface area contributed by atoms with E-state index < -0.39 is 0 Å². The molecule has 2 rings (SSSR count). The van der Waals surface area contributed by atoms with Gasteiger partial charge in [-0.05, 0) is 22.0 Å². The smallest absolute Gasteiger partial charge is 0.183 e. The van der Waals surface area contributed by atoms with E-state index in [0.29, 0.717) is 16.0 Å². The van der Waals surface area contributed by atoms with Crippen LogP contribution >= 0.6 is 50.5 Å². The summed E-state index contributed by atoms with van der Waals surface area (Å²) >= 11 is 16.3. The van der Waals surface area contributed by atoms with Crippen LogP contribution in [0.15, 0.2) is 22.8 Å². The molecule has 0 aliphatic rings. The normalized spacial score (nSPS) is 10.5. The summed E-state index contributed by atoms with van der Waals surface area (Å²) in [6.07, 6.45) is 1.71. The Hall–Kier alpha value is -0.490. The zero-order valence-corrected chi connectivity index (χ0v) is 12.3. The third-order valence-corrected chi connectivity index (χ3v) is 4.09. The van der Waals surface area contributed by atoms with E-state index in [-0.39, 0.29) is 5.75 Å². The number of hydrogen-bond donors (Lipinski definition) is 2.